The van der Waals surface area contributed by atoms with Crippen molar-refractivity contribution in [3.8, 4) is 0 Å². The average molecular weight is 291 g/mol. The fourth-order valence-electron chi connectivity index (χ4n) is 1.14. The van der Waals surface area contributed by atoms with Gasteiger partial charge in [-0.2, -0.15) is 0 Å². The third kappa shape index (κ3) is 3.57. The SMILES string of the molecule is CC(F)(F)c1cc(C(F)F)cc(S(=O)(=O)Cl)c1. The highest BCUT2D eigenvalue weighted by atomic mass is 35.7. The third-order valence-corrected chi connectivity index (χ3v) is 3.30. The molecule has 0 spiro atoms. The van der Waals surface area contributed by atoms with Crippen molar-refractivity contribution in [3.05, 3.63) is 29.3 Å². The molecule has 1 rings (SSSR count). The molecular formula is C9H7ClF4O2S. The fraction of sp³-hybridized carbons (Fsp3) is 0.333. The Morgan fingerprint density at radius 1 is 1.24 bits per heavy atom. The van der Waals surface area contributed by atoms with Gasteiger partial charge < -0.3 is 0 Å². The van der Waals surface area contributed by atoms with E-state index >= 15 is 0 Å². The maximum Gasteiger partial charge on any atom is 0.270 e. The second-order valence-corrected chi connectivity index (χ2v) is 5.98. The van der Waals surface area contributed by atoms with Gasteiger partial charge >= 0.3 is 0 Å². The zero-order valence-electron chi connectivity index (χ0n) is 8.42. The predicted octanol–water partition coefficient (Wildman–Crippen LogP) is 3.66. The molecule has 8 heteroatoms. The van der Waals surface area contributed by atoms with Gasteiger partial charge in [-0.3, -0.25) is 0 Å². The molecule has 0 fully saturated rings. The smallest absolute Gasteiger partial charge is 0.207 e. The lowest BCUT2D eigenvalue weighted by molar-refractivity contribution is 0.0169. The maximum absolute atomic E-state index is 13.0. The summed E-state index contributed by atoms with van der Waals surface area (Å²) in [7, 11) is 0.604. The van der Waals surface area contributed by atoms with Gasteiger partial charge in [-0.1, -0.05) is 0 Å². The van der Waals surface area contributed by atoms with E-state index in [4.69, 9.17) is 10.7 Å². The van der Waals surface area contributed by atoms with E-state index in [0.717, 1.165) is 0 Å². The van der Waals surface area contributed by atoms with Crippen LogP contribution >= 0.6 is 10.7 Å². The number of benzene rings is 1. The molecule has 1 aromatic rings. The molecule has 0 saturated carbocycles. The Kier molecular flexibility index (Phi) is 3.73. The molecule has 0 radical (unpaired) electrons. The van der Waals surface area contributed by atoms with E-state index in [0.29, 0.717) is 25.1 Å². The average Bonchev–Trinajstić information content (AvgIpc) is 2.14. The molecule has 0 aliphatic carbocycles. The number of hydrogen-bond acceptors (Lipinski definition) is 2. The van der Waals surface area contributed by atoms with Crippen molar-refractivity contribution >= 4 is 19.7 Å². The first kappa shape index (κ1) is 14.2. The minimum Gasteiger partial charge on any atom is -0.207 e. The Hall–Kier alpha value is -0.820. The Morgan fingerprint density at radius 3 is 2.12 bits per heavy atom. The van der Waals surface area contributed by atoms with Crippen LogP contribution in [0.1, 0.15) is 24.5 Å². The van der Waals surface area contributed by atoms with Gasteiger partial charge in [-0.05, 0) is 18.2 Å². The van der Waals surface area contributed by atoms with E-state index in [2.05, 4.69) is 0 Å². The van der Waals surface area contributed by atoms with Crippen molar-refractivity contribution in [1.82, 2.24) is 0 Å². The normalized spacial score (nSPS) is 13.1. The zero-order chi connectivity index (χ0) is 13.4. The topological polar surface area (TPSA) is 34.1 Å². The van der Waals surface area contributed by atoms with Crippen LogP contribution in [0.5, 0.6) is 0 Å². The summed E-state index contributed by atoms with van der Waals surface area (Å²) in [6, 6.07) is 1.70. The summed E-state index contributed by atoms with van der Waals surface area (Å²) in [5.74, 6) is -3.43. The first-order chi connectivity index (χ1) is 7.51. The Morgan fingerprint density at radius 2 is 1.76 bits per heavy atom. The molecule has 0 saturated heterocycles. The predicted molar refractivity (Wildman–Crippen MR) is 54.0 cm³/mol. The summed E-state index contributed by atoms with van der Waals surface area (Å²) in [4.78, 5) is -0.770. The van der Waals surface area contributed by atoms with Gasteiger partial charge in [0.2, 0.25) is 0 Å². The lowest BCUT2D eigenvalue weighted by atomic mass is 10.1. The van der Waals surface area contributed by atoms with Gasteiger partial charge in [0.15, 0.2) is 0 Å². The second-order valence-electron chi connectivity index (χ2n) is 3.42. The molecule has 17 heavy (non-hydrogen) atoms. The molecular weight excluding hydrogens is 284 g/mol. The molecule has 0 bridgehead atoms. The minimum absolute atomic E-state index is 0.474. The quantitative estimate of drug-likeness (QED) is 0.629. The molecule has 0 atom stereocenters. The molecule has 96 valence electrons. The van der Waals surface area contributed by atoms with E-state index in [1.165, 1.54) is 0 Å². The van der Waals surface area contributed by atoms with Crippen molar-refractivity contribution in [3.63, 3.8) is 0 Å². The molecule has 2 nitrogen and oxygen atoms in total. The van der Waals surface area contributed by atoms with Gasteiger partial charge in [0.25, 0.3) is 21.4 Å². The molecule has 0 unspecified atom stereocenters. The lowest BCUT2D eigenvalue weighted by Crippen LogP contribution is -2.09. The summed E-state index contributed by atoms with van der Waals surface area (Å²) >= 11 is 0. The molecule has 0 heterocycles. The highest BCUT2D eigenvalue weighted by Crippen LogP contribution is 2.33. The van der Waals surface area contributed by atoms with Crippen LogP contribution in [0, 0.1) is 0 Å². The molecule has 0 aromatic heterocycles. The maximum atomic E-state index is 13.0. The molecule has 0 aliphatic rings. The van der Waals surface area contributed by atoms with E-state index in [9.17, 15) is 26.0 Å². The van der Waals surface area contributed by atoms with Crippen molar-refractivity contribution in [2.75, 3.05) is 0 Å². The van der Waals surface area contributed by atoms with Crippen LogP contribution in [-0.2, 0) is 15.0 Å². The lowest BCUT2D eigenvalue weighted by Gasteiger charge is -2.13. The van der Waals surface area contributed by atoms with E-state index in [-0.39, 0.29) is 0 Å². The summed E-state index contributed by atoms with van der Waals surface area (Å²) in [5, 5.41) is 0. The van der Waals surface area contributed by atoms with Crippen LogP contribution in [0.3, 0.4) is 0 Å². The van der Waals surface area contributed by atoms with E-state index in [1.54, 1.807) is 0 Å². The molecule has 0 amide bonds. The Labute approximate surface area is 99.6 Å². The standard InChI is InChI=1S/C9H7ClF4O2S/c1-9(13,14)6-2-5(8(11)12)3-7(4-6)17(10,15)16/h2-4,8H,1H3. The highest BCUT2D eigenvalue weighted by molar-refractivity contribution is 8.13. The summed E-state index contributed by atoms with van der Waals surface area (Å²) < 4.78 is 72.7. The van der Waals surface area contributed by atoms with Crippen molar-refractivity contribution < 1.29 is 26.0 Å². The number of rotatable bonds is 3. The Balaban J connectivity index is 3.51. The number of halogens is 5. The first-order valence-corrected chi connectivity index (χ1v) is 6.59. The van der Waals surface area contributed by atoms with E-state index in [1.807, 2.05) is 0 Å². The van der Waals surface area contributed by atoms with Crippen LogP contribution in [0.25, 0.3) is 0 Å². The zero-order valence-corrected chi connectivity index (χ0v) is 10.00. The number of alkyl halides is 4. The van der Waals surface area contributed by atoms with Gasteiger partial charge in [-0.15, -0.1) is 0 Å². The van der Waals surface area contributed by atoms with Crippen molar-refractivity contribution in [1.29, 1.82) is 0 Å². The van der Waals surface area contributed by atoms with Crippen LogP contribution in [0.4, 0.5) is 17.6 Å². The Bertz CT molecular complexity index is 522. The van der Waals surface area contributed by atoms with Crippen LogP contribution < -0.4 is 0 Å². The van der Waals surface area contributed by atoms with Crippen LogP contribution in [0.2, 0.25) is 0 Å². The summed E-state index contributed by atoms with van der Waals surface area (Å²) in [6.07, 6.45) is -3.06. The number of hydrogen-bond donors (Lipinski definition) is 0. The van der Waals surface area contributed by atoms with E-state index < -0.39 is 37.4 Å². The first-order valence-electron chi connectivity index (χ1n) is 4.28. The summed E-state index contributed by atoms with van der Waals surface area (Å²) in [5.41, 5.74) is -1.64. The van der Waals surface area contributed by atoms with Gasteiger partial charge in [0.1, 0.15) is 0 Å². The largest absolute Gasteiger partial charge is 0.270 e. The van der Waals surface area contributed by atoms with Gasteiger partial charge in [-0.25, -0.2) is 26.0 Å². The summed E-state index contributed by atoms with van der Waals surface area (Å²) in [6.45, 7) is 0.474. The molecule has 0 aliphatic heterocycles. The third-order valence-electron chi connectivity index (χ3n) is 1.97. The fourth-order valence-corrected chi connectivity index (χ4v) is 1.95. The van der Waals surface area contributed by atoms with Crippen molar-refractivity contribution in [2.24, 2.45) is 0 Å². The monoisotopic (exact) mass is 290 g/mol. The van der Waals surface area contributed by atoms with Crippen molar-refractivity contribution in [2.45, 2.75) is 24.2 Å². The van der Waals surface area contributed by atoms with Crippen LogP contribution in [-0.4, -0.2) is 8.42 Å². The van der Waals surface area contributed by atoms with Gasteiger partial charge in [0.05, 0.1) is 4.90 Å². The molecule has 1 aromatic carbocycles. The molecule has 0 N–H and O–H groups in total. The second kappa shape index (κ2) is 4.45. The minimum atomic E-state index is -4.34. The highest BCUT2D eigenvalue weighted by Gasteiger charge is 2.28. The van der Waals surface area contributed by atoms with Crippen LogP contribution in [0.15, 0.2) is 23.1 Å². The van der Waals surface area contributed by atoms with Gasteiger partial charge in [0, 0.05) is 28.7 Å².